The first-order chi connectivity index (χ1) is 8.56. The van der Waals surface area contributed by atoms with Gasteiger partial charge in [-0.05, 0) is 30.4 Å². The summed E-state index contributed by atoms with van der Waals surface area (Å²) in [6.45, 7) is 8.59. The molecular formula is C16H22N2. The van der Waals surface area contributed by atoms with Crippen molar-refractivity contribution in [3.63, 3.8) is 0 Å². The van der Waals surface area contributed by atoms with Gasteiger partial charge in [-0.15, -0.1) is 0 Å². The van der Waals surface area contributed by atoms with E-state index < -0.39 is 0 Å². The monoisotopic (exact) mass is 242 g/mol. The van der Waals surface area contributed by atoms with Crippen molar-refractivity contribution in [2.24, 2.45) is 0 Å². The summed E-state index contributed by atoms with van der Waals surface area (Å²) in [5.41, 5.74) is 11.9. The highest BCUT2D eigenvalue weighted by Gasteiger charge is 2.14. The summed E-state index contributed by atoms with van der Waals surface area (Å²) in [5.74, 6) is 0.414. The Labute approximate surface area is 109 Å². The van der Waals surface area contributed by atoms with Gasteiger partial charge in [0.1, 0.15) is 0 Å². The third-order valence-electron chi connectivity index (χ3n) is 3.47. The molecule has 0 saturated heterocycles. The number of nitrogen functional groups attached to an aromatic ring is 1. The second-order valence-electron chi connectivity index (χ2n) is 5.24. The van der Waals surface area contributed by atoms with Crippen molar-refractivity contribution >= 4 is 16.6 Å². The zero-order valence-corrected chi connectivity index (χ0v) is 11.7. The van der Waals surface area contributed by atoms with Crippen LogP contribution in [-0.4, -0.2) is 4.98 Å². The summed E-state index contributed by atoms with van der Waals surface area (Å²) in [4.78, 5) is 4.80. The lowest BCUT2D eigenvalue weighted by Crippen LogP contribution is -2.04. The van der Waals surface area contributed by atoms with E-state index in [0.717, 1.165) is 35.1 Å². The van der Waals surface area contributed by atoms with Gasteiger partial charge >= 0.3 is 0 Å². The van der Waals surface area contributed by atoms with Crippen molar-refractivity contribution in [2.45, 2.75) is 46.5 Å². The van der Waals surface area contributed by atoms with Crippen molar-refractivity contribution in [3.8, 4) is 0 Å². The minimum Gasteiger partial charge on any atom is -0.398 e. The van der Waals surface area contributed by atoms with Gasteiger partial charge in [-0.3, -0.25) is 4.98 Å². The molecule has 96 valence electrons. The number of hydrogen-bond donors (Lipinski definition) is 1. The average molecular weight is 242 g/mol. The lowest BCUT2D eigenvalue weighted by Gasteiger charge is -2.16. The number of para-hydroxylation sites is 1. The molecule has 0 bridgehead atoms. The predicted octanol–water partition coefficient (Wildman–Crippen LogP) is 4.20. The van der Waals surface area contributed by atoms with Crippen LogP contribution in [0.2, 0.25) is 0 Å². The Morgan fingerprint density at radius 3 is 2.61 bits per heavy atom. The van der Waals surface area contributed by atoms with E-state index in [1.807, 2.05) is 0 Å². The van der Waals surface area contributed by atoms with Gasteiger partial charge in [0, 0.05) is 16.8 Å². The number of aryl methyl sites for hydroxylation is 2. The summed E-state index contributed by atoms with van der Waals surface area (Å²) in [5, 5.41) is 1.11. The van der Waals surface area contributed by atoms with E-state index in [1.54, 1.807) is 0 Å². The van der Waals surface area contributed by atoms with Crippen molar-refractivity contribution in [1.82, 2.24) is 4.98 Å². The Kier molecular flexibility index (Phi) is 3.55. The maximum absolute atomic E-state index is 6.35. The average Bonchev–Trinajstić information content (AvgIpc) is 2.30. The van der Waals surface area contributed by atoms with Crippen LogP contribution in [0.5, 0.6) is 0 Å². The van der Waals surface area contributed by atoms with Crippen LogP contribution >= 0.6 is 0 Å². The molecule has 2 nitrogen and oxygen atoms in total. The second kappa shape index (κ2) is 4.97. The van der Waals surface area contributed by atoms with Crippen LogP contribution in [0, 0.1) is 6.92 Å². The number of nitrogens with two attached hydrogens (primary N) is 1. The van der Waals surface area contributed by atoms with Crippen LogP contribution < -0.4 is 5.73 Å². The van der Waals surface area contributed by atoms with E-state index in [9.17, 15) is 0 Å². The minimum atomic E-state index is 0.414. The zero-order valence-electron chi connectivity index (χ0n) is 11.7. The number of nitrogens with zero attached hydrogens (tertiary/aromatic N) is 1. The van der Waals surface area contributed by atoms with Crippen molar-refractivity contribution in [3.05, 3.63) is 35.0 Å². The van der Waals surface area contributed by atoms with Crippen molar-refractivity contribution in [1.29, 1.82) is 0 Å². The van der Waals surface area contributed by atoms with Gasteiger partial charge < -0.3 is 5.73 Å². The number of aromatic nitrogens is 1. The van der Waals surface area contributed by atoms with Crippen LogP contribution in [0.4, 0.5) is 5.69 Å². The molecule has 0 amide bonds. The van der Waals surface area contributed by atoms with Crippen LogP contribution in [0.25, 0.3) is 10.9 Å². The summed E-state index contributed by atoms with van der Waals surface area (Å²) >= 11 is 0. The lowest BCUT2D eigenvalue weighted by atomic mass is 9.95. The number of fused-ring (bicyclic) bond motifs is 1. The summed E-state index contributed by atoms with van der Waals surface area (Å²) in [6.07, 6.45) is 2.19. The first-order valence-corrected chi connectivity index (χ1v) is 6.73. The molecule has 0 saturated carbocycles. The highest BCUT2D eigenvalue weighted by molar-refractivity contribution is 5.94. The molecule has 2 heteroatoms. The largest absolute Gasteiger partial charge is 0.398 e. The van der Waals surface area contributed by atoms with Gasteiger partial charge in [-0.2, -0.15) is 0 Å². The van der Waals surface area contributed by atoms with E-state index in [-0.39, 0.29) is 0 Å². The van der Waals surface area contributed by atoms with Gasteiger partial charge in [0.05, 0.1) is 5.52 Å². The zero-order chi connectivity index (χ0) is 13.3. The Balaban J connectivity index is 2.77. The molecule has 0 radical (unpaired) electrons. The molecule has 0 fully saturated rings. The van der Waals surface area contributed by atoms with Crippen molar-refractivity contribution in [2.75, 3.05) is 5.73 Å². The molecule has 0 atom stereocenters. The predicted molar refractivity (Wildman–Crippen MR) is 79.0 cm³/mol. The van der Waals surface area contributed by atoms with Gasteiger partial charge in [0.25, 0.3) is 0 Å². The van der Waals surface area contributed by atoms with Crippen LogP contribution in [0.1, 0.15) is 49.9 Å². The maximum Gasteiger partial charge on any atom is 0.0758 e. The number of rotatable bonds is 3. The molecule has 0 unspecified atom stereocenters. The fourth-order valence-electron chi connectivity index (χ4n) is 2.71. The number of anilines is 1. The quantitative estimate of drug-likeness (QED) is 0.876. The van der Waals surface area contributed by atoms with Gasteiger partial charge in [0.2, 0.25) is 0 Å². The van der Waals surface area contributed by atoms with E-state index in [1.165, 1.54) is 11.1 Å². The second-order valence-corrected chi connectivity index (χ2v) is 5.24. The number of hydrogen-bond acceptors (Lipinski definition) is 2. The minimum absolute atomic E-state index is 0.414. The SMILES string of the molecule is CCCc1cccc2c(N)c(C(C)C)c(C)nc12. The molecule has 18 heavy (non-hydrogen) atoms. The van der Waals surface area contributed by atoms with Crippen molar-refractivity contribution < 1.29 is 0 Å². The summed E-state index contributed by atoms with van der Waals surface area (Å²) in [6, 6.07) is 6.33. The van der Waals surface area contributed by atoms with Crippen LogP contribution in [0.15, 0.2) is 18.2 Å². The summed E-state index contributed by atoms with van der Waals surface area (Å²) in [7, 11) is 0. The standard InChI is InChI=1S/C16H22N2/c1-5-7-12-8-6-9-13-15(17)14(10(2)3)11(4)18-16(12)13/h6,8-10H,5,7H2,1-4H3,(H2,17,18). The smallest absolute Gasteiger partial charge is 0.0758 e. The van der Waals surface area contributed by atoms with Gasteiger partial charge in [-0.25, -0.2) is 0 Å². The number of benzene rings is 1. The molecule has 0 aliphatic carbocycles. The number of pyridine rings is 1. The van der Waals surface area contributed by atoms with E-state index in [0.29, 0.717) is 5.92 Å². The topological polar surface area (TPSA) is 38.9 Å². The normalized spacial score (nSPS) is 11.4. The Morgan fingerprint density at radius 1 is 1.28 bits per heavy atom. The highest BCUT2D eigenvalue weighted by atomic mass is 14.7. The molecule has 0 aliphatic heterocycles. The molecule has 2 N–H and O–H groups in total. The summed E-state index contributed by atoms with van der Waals surface area (Å²) < 4.78 is 0. The third kappa shape index (κ3) is 2.07. The van der Waals surface area contributed by atoms with Gasteiger partial charge in [0.15, 0.2) is 0 Å². The molecule has 2 rings (SSSR count). The van der Waals surface area contributed by atoms with Crippen LogP contribution in [-0.2, 0) is 6.42 Å². The molecule has 2 aromatic rings. The molecule has 0 spiro atoms. The highest BCUT2D eigenvalue weighted by Crippen LogP contribution is 2.32. The molecule has 0 aliphatic rings. The van der Waals surface area contributed by atoms with Gasteiger partial charge in [-0.1, -0.05) is 45.4 Å². The van der Waals surface area contributed by atoms with Crippen LogP contribution in [0.3, 0.4) is 0 Å². The lowest BCUT2D eigenvalue weighted by molar-refractivity contribution is 0.850. The third-order valence-corrected chi connectivity index (χ3v) is 3.47. The van der Waals surface area contributed by atoms with E-state index in [2.05, 4.69) is 45.9 Å². The maximum atomic E-state index is 6.35. The molecule has 1 aromatic carbocycles. The molecule has 1 heterocycles. The Hall–Kier alpha value is -1.57. The first-order valence-electron chi connectivity index (χ1n) is 6.73. The fraction of sp³-hybridized carbons (Fsp3) is 0.438. The Bertz CT molecular complexity index is 571. The first kappa shape index (κ1) is 12.9. The fourth-order valence-corrected chi connectivity index (χ4v) is 2.71. The van der Waals surface area contributed by atoms with E-state index >= 15 is 0 Å². The van der Waals surface area contributed by atoms with E-state index in [4.69, 9.17) is 10.7 Å². The molecule has 1 aromatic heterocycles. The Morgan fingerprint density at radius 2 is 2.00 bits per heavy atom. The molecular weight excluding hydrogens is 220 g/mol.